The van der Waals surface area contributed by atoms with E-state index in [1.807, 2.05) is 30.3 Å². The Bertz CT molecular complexity index is 905. The van der Waals surface area contributed by atoms with Gasteiger partial charge < -0.3 is 10.6 Å². The predicted octanol–water partition coefficient (Wildman–Crippen LogP) is 5.86. The molecule has 1 aliphatic rings. The Morgan fingerprint density at radius 3 is 2.62 bits per heavy atom. The lowest BCUT2D eigenvalue weighted by atomic mass is 9.95. The lowest BCUT2D eigenvalue weighted by Crippen LogP contribution is -2.23. The van der Waals surface area contributed by atoms with Crippen LogP contribution in [0, 0.1) is 9.39 Å². The summed E-state index contributed by atoms with van der Waals surface area (Å²) >= 11 is 2.10. The molecule has 1 heterocycles. The van der Waals surface area contributed by atoms with E-state index in [2.05, 4.69) is 38.2 Å². The van der Waals surface area contributed by atoms with Gasteiger partial charge in [0, 0.05) is 20.7 Å². The van der Waals surface area contributed by atoms with Crippen LogP contribution in [0.1, 0.15) is 32.1 Å². The van der Waals surface area contributed by atoms with Crippen molar-refractivity contribution in [1.29, 1.82) is 0 Å². The molecule has 0 radical (unpaired) electrons. The van der Waals surface area contributed by atoms with Gasteiger partial charge in [0.15, 0.2) is 0 Å². The standard InChI is InChI=1S/C20H20FIN4/c21-13-10-14(22)12-16(11-13)24-20-25-18-9-5-4-8-17(18)19(26-20)23-15-6-2-1-3-7-15/h4-5,8-12,15H,1-3,6-7H2,(H2,23,24,25,26). The quantitative estimate of drug-likeness (QED) is 0.477. The molecule has 2 N–H and O–H groups in total. The van der Waals surface area contributed by atoms with Crippen LogP contribution < -0.4 is 10.6 Å². The highest BCUT2D eigenvalue weighted by Gasteiger charge is 2.16. The van der Waals surface area contributed by atoms with Gasteiger partial charge in [-0.2, -0.15) is 4.98 Å². The maximum Gasteiger partial charge on any atom is 0.229 e. The van der Waals surface area contributed by atoms with Gasteiger partial charge in [-0.1, -0.05) is 31.4 Å². The smallest absolute Gasteiger partial charge is 0.229 e. The summed E-state index contributed by atoms with van der Waals surface area (Å²) in [6.07, 6.45) is 6.17. The van der Waals surface area contributed by atoms with Gasteiger partial charge in [0.25, 0.3) is 0 Å². The van der Waals surface area contributed by atoms with Crippen LogP contribution in [-0.4, -0.2) is 16.0 Å². The molecule has 0 unspecified atom stereocenters. The molecule has 26 heavy (non-hydrogen) atoms. The Hall–Kier alpha value is -1.96. The molecule has 1 aromatic heterocycles. The van der Waals surface area contributed by atoms with Crippen molar-refractivity contribution in [3.05, 3.63) is 51.9 Å². The molecule has 0 spiro atoms. The van der Waals surface area contributed by atoms with E-state index >= 15 is 0 Å². The molecule has 1 fully saturated rings. The van der Waals surface area contributed by atoms with E-state index in [9.17, 15) is 4.39 Å². The van der Waals surface area contributed by atoms with E-state index in [4.69, 9.17) is 4.98 Å². The summed E-state index contributed by atoms with van der Waals surface area (Å²) in [5.41, 5.74) is 1.52. The fourth-order valence-corrected chi connectivity index (χ4v) is 4.07. The van der Waals surface area contributed by atoms with Crippen molar-refractivity contribution in [1.82, 2.24) is 9.97 Å². The summed E-state index contributed by atoms with van der Waals surface area (Å²) in [5.74, 6) is 1.04. The van der Waals surface area contributed by atoms with Crippen LogP contribution in [0.25, 0.3) is 10.9 Å². The topological polar surface area (TPSA) is 49.8 Å². The molecule has 2 aromatic carbocycles. The molecule has 0 atom stereocenters. The third-order valence-corrected chi connectivity index (χ3v) is 5.29. The zero-order valence-corrected chi connectivity index (χ0v) is 16.5. The number of halogens is 2. The van der Waals surface area contributed by atoms with Crippen molar-refractivity contribution in [2.75, 3.05) is 10.6 Å². The molecule has 0 amide bonds. The first-order chi connectivity index (χ1) is 12.7. The van der Waals surface area contributed by atoms with Gasteiger partial charge in [-0.15, -0.1) is 0 Å². The number of anilines is 3. The van der Waals surface area contributed by atoms with E-state index in [-0.39, 0.29) is 5.82 Å². The van der Waals surface area contributed by atoms with Crippen molar-refractivity contribution >= 4 is 50.9 Å². The second-order valence-electron chi connectivity index (χ2n) is 6.68. The summed E-state index contributed by atoms with van der Waals surface area (Å²) in [5, 5.41) is 7.77. The van der Waals surface area contributed by atoms with Crippen molar-refractivity contribution in [3.8, 4) is 0 Å². The number of nitrogens with zero attached hydrogens (tertiary/aromatic N) is 2. The first-order valence-electron chi connectivity index (χ1n) is 8.94. The van der Waals surface area contributed by atoms with Crippen molar-refractivity contribution in [3.63, 3.8) is 0 Å². The average Bonchev–Trinajstić information content (AvgIpc) is 2.62. The molecule has 0 aliphatic heterocycles. The Morgan fingerprint density at radius 2 is 1.81 bits per heavy atom. The largest absolute Gasteiger partial charge is 0.367 e. The van der Waals surface area contributed by atoms with E-state index in [1.54, 1.807) is 0 Å². The molecule has 1 saturated carbocycles. The molecule has 4 nitrogen and oxygen atoms in total. The number of fused-ring (bicyclic) bond motifs is 1. The number of aromatic nitrogens is 2. The molecule has 134 valence electrons. The highest BCUT2D eigenvalue weighted by molar-refractivity contribution is 14.1. The van der Waals surface area contributed by atoms with Gasteiger partial charge in [-0.25, -0.2) is 9.37 Å². The number of para-hydroxylation sites is 1. The molecular weight excluding hydrogens is 442 g/mol. The number of hydrogen-bond acceptors (Lipinski definition) is 4. The highest BCUT2D eigenvalue weighted by Crippen LogP contribution is 2.27. The van der Waals surface area contributed by atoms with Crippen LogP contribution in [-0.2, 0) is 0 Å². The first kappa shape index (κ1) is 17.5. The SMILES string of the molecule is Fc1cc(I)cc(Nc2nc(NC3CCCCC3)c3ccccc3n2)c1. The second kappa shape index (κ2) is 7.73. The minimum atomic E-state index is -0.277. The molecule has 0 bridgehead atoms. The van der Waals surface area contributed by atoms with Crippen LogP contribution in [0.5, 0.6) is 0 Å². The molecule has 4 rings (SSSR count). The van der Waals surface area contributed by atoms with E-state index < -0.39 is 0 Å². The van der Waals surface area contributed by atoms with Gasteiger partial charge in [0.05, 0.1) is 5.52 Å². The van der Waals surface area contributed by atoms with E-state index in [0.717, 1.165) is 20.3 Å². The number of benzene rings is 2. The Balaban J connectivity index is 1.68. The zero-order chi connectivity index (χ0) is 17.9. The van der Waals surface area contributed by atoms with Crippen LogP contribution in [0.4, 0.5) is 21.8 Å². The molecule has 3 aromatic rings. The maximum atomic E-state index is 13.7. The predicted molar refractivity (Wildman–Crippen MR) is 112 cm³/mol. The monoisotopic (exact) mass is 462 g/mol. The van der Waals surface area contributed by atoms with Crippen molar-refractivity contribution in [2.24, 2.45) is 0 Å². The summed E-state index contributed by atoms with van der Waals surface area (Å²) in [7, 11) is 0. The summed E-state index contributed by atoms with van der Waals surface area (Å²) in [6.45, 7) is 0. The molecule has 0 saturated heterocycles. The maximum absolute atomic E-state index is 13.7. The van der Waals surface area contributed by atoms with Crippen molar-refractivity contribution < 1.29 is 4.39 Å². The Labute approximate surface area is 165 Å². The van der Waals surface area contributed by atoms with Gasteiger partial charge in [0.2, 0.25) is 5.95 Å². The molecule has 6 heteroatoms. The van der Waals surface area contributed by atoms with Crippen LogP contribution in [0.3, 0.4) is 0 Å². The van der Waals surface area contributed by atoms with Gasteiger partial charge >= 0.3 is 0 Å². The summed E-state index contributed by atoms with van der Waals surface area (Å²) in [4.78, 5) is 9.29. The van der Waals surface area contributed by atoms with Crippen LogP contribution in [0.15, 0.2) is 42.5 Å². The second-order valence-corrected chi connectivity index (χ2v) is 7.92. The van der Waals surface area contributed by atoms with E-state index in [0.29, 0.717) is 17.7 Å². The lowest BCUT2D eigenvalue weighted by molar-refractivity contribution is 0.462. The Morgan fingerprint density at radius 1 is 1.00 bits per heavy atom. The third kappa shape index (κ3) is 4.06. The first-order valence-corrected chi connectivity index (χ1v) is 10.0. The number of hydrogen-bond donors (Lipinski definition) is 2. The van der Waals surface area contributed by atoms with Gasteiger partial charge in [-0.3, -0.25) is 0 Å². The Kier molecular flexibility index (Phi) is 5.19. The van der Waals surface area contributed by atoms with Crippen molar-refractivity contribution in [2.45, 2.75) is 38.1 Å². The van der Waals surface area contributed by atoms with Crippen LogP contribution >= 0.6 is 22.6 Å². The molecule has 1 aliphatic carbocycles. The fourth-order valence-electron chi connectivity index (χ4n) is 3.44. The van der Waals surface area contributed by atoms with Crippen LogP contribution in [0.2, 0.25) is 0 Å². The third-order valence-electron chi connectivity index (χ3n) is 4.67. The number of nitrogens with one attached hydrogen (secondary N) is 2. The summed E-state index contributed by atoms with van der Waals surface area (Å²) < 4.78 is 14.5. The fraction of sp³-hybridized carbons (Fsp3) is 0.300. The zero-order valence-electron chi connectivity index (χ0n) is 14.3. The van der Waals surface area contributed by atoms with E-state index in [1.165, 1.54) is 44.2 Å². The molecular formula is C20H20FIN4. The minimum Gasteiger partial charge on any atom is -0.367 e. The average molecular weight is 462 g/mol. The lowest BCUT2D eigenvalue weighted by Gasteiger charge is -2.24. The number of rotatable bonds is 4. The van der Waals surface area contributed by atoms with Gasteiger partial charge in [-0.05, 0) is 65.8 Å². The normalized spacial score (nSPS) is 15.2. The highest BCUT2D eigenvalue weighted by atomic mass is 127. The minimum absolute atomic E-state index is 0.277. The van der Waals surface area contributed by atoms with Gasteiger partial charge in [0.1, 0.15) is 11.6 Å². The summed E-state index contributed by atoms with van der Waals surface area (Å²) in [6, 6.07) is 13.2.